The van der Waals surface area contributed by atoms with E-state index < -0.39 is 11.8 Å². The van der Waals surface area contributed by atoms with Gasteiger partial charge in [0.15, 0.2) is 11.5 Å². The van der Waals surface area contributed by atoms with Crippen molar-refractivity contribution in [2.75, 3.05) is 11.9 Å². The van der Waals surface area contributed by atoms with E-state index >= 15 is 0 Å². The molecule has 10 heteroatoms. The van der Waals surface area contributed by atoms with E-state index in [1.54, 1.807) is 42.5 Å². The monoisotopic (exact) mass is 519 g/mol. The molecule has 0 heterocycles. The van der Waals surface area contributed by atoms with Crippen LogP contribution in [0.25, 0.3) is 0 Å². The van der Waals surface area contributed by atoms with Crippen LogP contribution in [0.5, 0.6) is 11.5 Å². The van der Waals surface area contributed by atoms with Gasteiger partial charge in [0.1, 0.15) is 6.61 Å². The molecule has 7 nitrogen and oxygen atoms in total. The van der Waals surface area contributed by atoms with Crippen molar-refractivity contribution < 1.29 is 19.1 Å². The Balaban J connectivity index is 1.60. The lowest BCUT2D eigenvalue weighted by atomic mass is 10.2. The molecule has 176 valence electrons. The molecule has 0 aliphatic rings. The lowest BCUT2D eigenvalue weighted by Gasteiger charge is -2.12. The Labute approximate surface area is 211 Å². The molecular formula is C24H20Cl3N3O4. The summed E-state index contributed by atoms with van der Waals surface area (Å²) in [6, 6.07) is 17.2. The van der Waals surface area contributed by atoms with Gasteiger partial charge in [-0.2, -0.15) is 5.10 Å². The van der Waals surface area contributed by atoms with Crippen molar-refractivity contribution in [3.8, 4) is 11.5 Å². The largest absolute Gasteiger partial charge is 0.490 e. The maximum absolute atomic E-state index is 12.1. The Hall–Kier alpha value is -3.26. The van der Waals surface area contributed by atoms with E-state index in [2.05, 4.69) is 15.8 Å². The van der Waals surface area contributed by atoms with Crippen LogP contribution >= 0.6 is 34.8 Å². The Morgan fingerprint density at radius 1 is 0.941 bits per heavy atom. The second-order valence-corrected chi connectivity index (χ2v) is 8.03. The number of benzene rings is 3. The molecule has 0 fully saturated rings. The molecule has 3 aromatic carbocycles. The van der Waals surface area contributed by atoms with Gasteiger partial charge >= 0.3 is 11.8 Å². The quantitative estimate of drug-likeness (QED) is 0.226. The molecule has 34 heavy (non-hydrogen) atoms. The van der Waals surface area contributed by atoms with Crippen molar-refractivity contribution >= 4 is 58.5 Å². The van der Waals surface area contributed by atoms with E-state index in [1.807, 2.05) is 19.1 Å². The fourth-order valence-electron chi connectivity index (χ4n) is 2.73. The van der Waals surface area contributed by atoms with Gasteiger partial charge < -0.3 is 14.8 Å². The summed E-state index contributed by atoms with van der Waals surface area (Å²) in [7, 11) is 0. The lowest BCUT2D eigenvalue weighted by molar-refractivity contribution is -0.136. The number of amides is 2. The number of anilines is 1. The van der Waals surface area contributed by atoms with E-state index in [4.69, 9.17) is 44.3 Å². The number of ether oxygens (including phenoxy) is 2. The van der Waals surface area contributed by atoms with Crippen molar-refractivity contribution in [2.24, 2.45) is 5.10 Å². The van der Waals surface area contributed by atoms with Gasteiger partial charge in [-0.1, -0.05) is 53.0 Å². The highest BCUT2D eigenvalue weighted by Crippen LogP contribution is 2.30. The third-order valence-electron chi connectivity index (χ3n) is 4.36. The van der Waals surface area contributed by atoms with Crippen LogP contribution in [0, 0.1) is 0 Å². The summed E-state index contributed by atoms with van der Waals surface area (Å²) in [6.45, 7) is 2.63. The minimum absolute atomic E-state index is 0.135. The highest BCUT2D eigenvalue weighted by atomic mass is 35.5. The van der Waals surface area contributed by atoms with Crippen molar-refractivity contribution in [3.63, 3.8) is 0 Å². The molecule has 0 unspecified atom stereocenters. The first-order valence-corrected chi connectivity index (χ1v) is 11.2. The summed E-state index contributed by atoms with van der Waals surface area (Å²) in [4.78, 5) is 24.1. The average molecular weight is 521 g/mol. The number of rotatable bonds is 8. The van der Waals surface area contributed by atoms with Gasteiger partial charge in [0.2, 0.25) is 0 Å². The van der Waals surface area contributed by atoms with E-state index in [-0.39, 0.29) is 15.7 Å². The van der Waals surface area contributed by atoms with Crippen LogP contribution < -0.4 is 20.2 Å². The maximum Gasteiger partial charge on any atom is 0.329 e. The zero-order chi connectivity index (χ0) is 24.5. The van der Waals surface area contributed by atoms with Crippen LogP contribution in [0.15, 0.2) is 65.8 Å². The van der Waals surface area contributed by atoms with Crippen molar-refractivity contribution in [1.29, 1.82) is 0 Å². The summed E-state index contributed by atoms with van der Waals surface area (Å²) < 4.78 is 11.5. The molecule has 3 aromatic rings. The zero-order valence-corrected chi connectivity index (χ0v) is 20.2. The third kappa shape index (κ3) is 7.12. The van der Waals surface area contributed by atoms with Gasteiger partial charge in [-0.25, -0.2) is 5.43 Å². The van der Waals surface area contributed by atoms with Gasteiger partial charge in [-0.3, -0.25) is 9.59 Å². The number of halogens is 3. The number of nitrogens with one attached hydrogen (secondary N) is 2. The highest BCUT2D eigenvalue weighted by Gasteiger charge is 2.15. The van der Waals surface area contributed by atoms with Crippen LogP contribution in [-0.2, 0) is 16.2 Å². The van der Waals surface area contributed by atoms with Crippen molar-refractivity contribution in [3.05, 3.63) is 86.9 Å². The third-order valence-corrected chi connectivity index (χ3v) is 5.43. The second-order valence-electron chi connectivity index (χ2n) is 6.81. The first kappa shape index (κ1) is 25.4. The fraction of sp³-hybridized carbons (Fsp3) is 0.125. The van der Waals surface area contributed by atoms with E-state index in [0.29, 0.717) is 35.3 Å². The number of hydrazone groups is 1. The molecule has 0 saturated heterocycles. The predicted molar refractivity (Wildman–Crippen MR) is 134 cm³/mol. The minimum Gasteiger partial charge on any atom is -0.490 e. The minimum atomic E-state index is -0.972. The number of hydrogen-bond acceptors (Lipinski definition) is 5. The smallest absolute Gasteiger partial charge is 0.329 e. The SMILES string of the molecule is CCOc1cc(C=NNC(=O)C(=O)Nc2cccc(Cl)c2Cl)ccc1OCc1ccc(Cl)cc1. The van der Waals surface area contributed by atoms with Crippen LogP contribution in [0.4, 0.5) is 5.69 Å². The number of carbonyl (C=O) groups is 2. The Morgan fingerprint density at radius 2 is 1.71 bits per heavy atom. The predicted octanol–water partition coefficient (Wildman–Crippen LogP) is 5.71. The number of hydrogen-bond donors (Lipinski definition) is 2. The zero-order valence-electron chi connectivity index (χ0n) is 18.0. The van der Waals surface area contributed by atoms with Crippen LogP contribution in [-0.4, -0.2) is 24.6 Å². The molecule has 3 rings (SSSR count). The fourth-order valence-corrected chi connectivity index (χ4v) is 3.20. The molecule has 0 saturated carbocycles. The summed E-state index contributed by atoms with van der Waals surface area (Å²) in [6.07, 6.45) is 1.38. The van der Waals surface area contributed by atoms with Crippen LogP contribution in [0.3, 0.4) is 0 Å². The maximum atomic E-state index is 12.1. The highest BCUT2D eigenvalue weighted by molar-refractivity contribution is 6.45. The summed E-state index contributed by atoms with van der Waals surface area (Å²) >= 11 is 17.8. The Kier molecular flexibility index (Phi) is 9.16. The van der Waals surface area contributed by atoms with Crippen molar-refractivity contribution in [1.82, 2.24) is 5.43 Å². The Morgan fingerprint density at radius 3 is 2.44 bits per heavy atom. The van der Waals surface area contributed by atoms with E-state index in [1.165, 1.54) is 12.3 Å². The van der Waals surface area contributed by atoms with Gasteiger partial charge in [0.25, 0.3) is 0 Å². The standard InChI is InChI=1S/C24H20Cl3N3O4/c1-2-33-21-12-16(8-11-20(21)34-14-15-6-9-17(25)10-7-15)13-28-30-24(32)23(31)29-19-5-3-4-18(26)22(19)27/h3-13H,2,14H2,1H3,(H,29,31)(H,30,32). The van der Waals surface area contributed by atoms with Gasteiger partial charge in [-0.05, 0) is 60.5 Å². The van der Waals surface area contributed by atoms with E-state index in [9.17, 15) is 9.59 Å². The average Bonchev–Trinajstić information content (AvgIpc) is 2.82. The molecule has 0 atom stereocenters. The summed E-state index contributed by atoms with van der Waals surface area (Å²) in [5, 5.41) is 7.24. The second kappa shape index (κ2) is 12.3. The summed E-state index contributed by atoms with van der Waals surface area (Å²) in [5.41, 5.74) is 3.96. The van der Waals surface area contributed by atoms with Crippen LogP contribution in [0.1, 0.15) is 18.1 Å². The molecular weight excluding hydrogens is 501 g/mol. The normalized spacial score (nSPS) is 10.7. The van der Waals surface area contributed by atoms with Gasteiger partial charge in [0.05, 0.1) is 28.6 Å². The molecule has 0 bridgehead atoms. The topological polar surface area (TPSA) is 89.0 Å². The first-order chi connectivity index (χ1) is 16.4. The van der Waals surface area contributed by atoms with Crippen molar-refractivity contribution in [2.45, 2.75) is 13.5 Å². The van der Waals surface area contributed by atoms with Crippen LogP contribution in [0.2, 0.25) is 15.1 Å². The van der Waals surface area contributed by atoms with Gasteiger partial charge in [-0.15, -0.1) is 0 Å². The van der Waals surface area contributed by atoms with Gasteiger partial charge in [0, 0.05) is 5.02 Å². The Bertz CT molecular complexity index is 1200. The molecule has 2 N–H and O–H groups in total. The number of carbonyl (C=O) groups excluding carboxylic acids is 2. The molecule has 0 aromatic heterocycles. The molecule has 0 aliphatic heterocycles. The lowest BCUT2D eigenvalue weighted by Crippen LogP contribution is -2.32. The summed E-state index contributed by atoms with van der Waals surface area (Å²) in [5.74, 6) is -0.849. The first-order valence-electron chi connectivity index (χ1n) is 10.1. The number of nitrogens with zero attached hydrogens (tertiary/aromatic N) is 1. The molecule has 2 amide bonds. The molecule has 0 radical (unpaired) electrons. The molecule has 0 aliphatic carbocycles. The molecule has 0 spiro atoms. The van der Waals surface area contributed by atoms with E-state index in [0.717, 1.165) is 5.56 Å².